The van der Waals surface area contributed by atoms with E-state index in [4.69, 9.17) is 21.1 Å². The van der Waals surface area contributed by atoms with E-state index in [-0.39, 0.29) is 24.7 Å². The summed E-state index contributed by atoms with van der Waals surface area (Å²) in [5, 5.41) is 4.57. The summed E-state index contributed by atoms with van der Waals surface area (Å²) in [7, 11) is 0. The number of benzene rings is 2. The number of halogens is 2. The highest BCUT2D eigenvalue weighted by Gasteiger charge is 2.20. The van der Waals surface area contributed by atoms with E-state index < -0.39 is 17.3 Å². The van der Waals surface area contributed by atoms with Crippen molar-refractivity contribution in [3.05, 3.63) is 87.0 Å². The SMILES string of the molecule is CCOC(=O)c1nn(-c2ccc(F)cc2)c(=O)cc1OCc1ccccc1Cl. The summed E-state index contributed by atoms with van der Waals surface area (Å²) in [6.45, 7) is 1.81. The Bertz CT molecular complexity index is 1050. The van der Waals surface area contributed by atoms with Gasteiger partial charge in [0.15, 0.2) is 5.75 Å². The number of carbonyl (C=O) groups excluding carboxylic acids is 1. The Kier molecular flexibility index (Phi) is 6.06. The molecule has 0 N–H and O–H groups in total. The van der Waals surface area contributed by atoms with Crippen molar-refractivity contribution in [3.63, 3.8) is 0 Å². The number of hydrogen-bond acceptors (Lipinski definition) is 5. The highest BCUT2D eigenvalue weighted by molar-refractivity contribution is 6.31. The maximum atomic E-state index is 13.2. The number of esters is 1. The second kappa shape index (κ2) is 8.67. The molecule has 0 radical (unpaired) electrons. The molecule has 144 valence electrons. The van der Waals surface area contributed by atoms with Gasteiger partial charge in [0.25, 0.3) is 5.56 Å². The minimum Gasteiger partial charge on any atom is -0.486 e. The summed E-state index contributed by atoms with van der Waals surface area (Å²) in [4.78, 5) is 24.8. The normalized spacial score (nSPS) is 10.5. The number of ether oxygens (including phenoxy) is 2. The average Bonchev–Trinajstić information content (AvgIpc) is 2.68. The van der Waals surface area contributed by atoms with Gasteiger partial charge in [0.05, 0.1) is 18.4 Å². The molecule has 3 aromatic rings. The molecule has 1 aromatic heterocycles. The van der Waals surface area contributed by atoms with E-state index in [0.29, 0.717) is 16.3 Å². The van der Waals surface area contributed by atoms with Gasteiger partial charge in [-0.05, 0) is 37.3 Å². The fraction of sp³-hybridized carbons (Fsp3) is 0.150. The molecule has 1 heterocycles. The standard InChI is InChI=1S/C20H16ClFN2O4/c1-2-27-20(26)19-17(28-12-13-5-3-4-6-16(13)21)11-18(25)24(23-19)15-9-7-14(22)8-10-15/h3-11H,2,12H2,1H3. The summed E-state index contributed by atoms with van der Waals surface area (Å²) in [6, 6.07) is 13.3. The van der Waals surface area contributed by atoms with E-state index in [0.717, 1.165) is 10.7 Å². The minimum atomic E-state index is -0.743. The zero-order valence-corrected chi connectivity index (χ0v) is 15.6. The molecule has 0 fully saturated rings. The molecular formula is C20H16ClFN2O4. The van der Waals surface area contributed by atoms with Gasteiger partial charge in [-0.2, -0.15) is 9.78 Å². The van der Waals surface area contributed by atoms with Crippen molar-refractivity contribution in [2.75, 3.05) is 6.61 Å². The van der Waals surface area contributed by atoms with Gasteiger partial charge < -0.3 is 9.47 Å². The molecule has 0 spiro atoms. The minimum absolute atomic E-state index is 0.0262. The summed E-state index contributed by atoms with van der Waals surface area (Å²) >= 11 is 6.11. The van der Waals surface area contributed by atoms with Crippen LogP contribution in [0.4, 0.5) is 4.39 Å². The molecule has 0 saturated heterocycles. The lowest BCUT2D eigenvalue weighted by Gasteiger charge is -2.13. The third-order valence-electron chi connectivity index (χ3n) is 3.78. The molecule has 8 heteroatoms. The zero-order chi connectivity index (χ0) is 20.1. The smallest absolute Gasteiger partial charge is 0.362 e. The Morgan fingerprint density at radius 1 is 1.18 bits per heavy atom. The van der Waals surface area contributed by atoms with E-state index in [1.807, 2.05) is 0 Å². The van der Waals surface area contributed by atoms with Crippen molar-refractivity contribution in [2.45, 2.75) is 13.5 Å². The monoisotopic (exact) mass is 402 g/mol. The molecule has 28 heavy (non-hydrogen) atoms. The first-order chi connectivity index (χ1) is 13.5. The maximum Gasteiger partial charge on any atom is 0.362 e. The lowest BCUT2D eigenvalue weighted by atomic mass is 10.2. The second-order valence-electron chi connectivity index (χ2n) is 5.68. The zero-order valence-electron chi connectivity index (χ0n) is 14.9. The highest BCUT2D eigenvalue weighted by Crippen LogP contribution is 2.21. The van der Waals surface area contributed by atoms with Gasteiger partial charge in [-0.3, -0.25) is 4.79 Å². The fourth-order valence-corrected chi connectivity index (χ4v) is 2.62. The van der Waals surface area contributed by atoms with Gasteiger partial charge in [-0.15, -0.1) is 0 Å². The number of nitrogens with zero attached hydrogens (tertiary/aromatic N) is 2. The molecule has 0 amide bonds. The molecule has 0 aliphatic carbocycles. The van der Waals surface area contributed by atoms with Crippen LogP contribution in [0, 0.1) is 5.82 Å². The predicted octanol–water partition coefficient (Wildman–Crippen LogP) is 3.78. The van der Waals surface area contributed by atoms with Gasteiger partial charge >= 0.3 is 5.97 Å². The first-order valence-corrected chi connectivity index (χ1v) is 8.81. The van der Waals surface area contributed by atoms with Gasteiger partial charge in [0.1, 0.15) is 12.4 Å². The molecule has 0 atom stereocenters. The largest absolute Gasteiger partial charge is 0.486 e. The Morgan fingerprint density at radius 2 is 1.89 bits per heavy atom. The summed E-state index contributed by atoms with van der Waals surface area (Å²) in [5.74, 6) is -1.23. The third-order valence-corrected chi connectivity index (χ3v) is 4.15. The topological polar surface area (TPSA) is 70.4 Å². The second-order valence-corrected chi connectivity index (χ2v) is 6.09. The quantitative estimate of drug-likeness (QED) is 0.587. The van der Waals surface area contributed by atoms with Crippen molar-refractivity contribution in [1.29, 1.82) is 0 Å². The molecule has 0 aliphatic rings. The van der Waals surface area contributed by atoms with E-state index in [1.54, 1.807) is 31.2 Å². The van der Waals surface area contributed by atoms with E-state index >= 15 is 0 Å². The van der Waals surface area contributed by atoms with Crippen molar-refractivity contribution < 1.29 is 18.7 Å². The van der Waals surface area contributed by atoms with Crippen LogP contribution in [-0.2, 0) is 11.3 Å². The first-order valence-electron chi connectivity index (χ1n) is 8.43. The molecule has 0 unspecified atom stereocenters. The van der Waals surface area contributed by atoms with Gasteiger partial charge in [0.2, 0.25) is 5.69 Å². The van der Waals surface area contributed by atoms with Crippen LogP contribution < -0.4 is 10.3 Å². The third kappa shape index (κ3) is 4.37. The molecular weight excluding hydrogens is 387 g/mol. The Hall–Kier alpha value is -3.19. The molecule has 2 aromatic carbocycles. The van der Waals surface area contributed by atoms with Crippen LogP contribution in [0.1, 0.15) is 23.0 Å². The maximum absolute atomic E-state index is 13.2. The Balaban J connectivity index is 2.00. The predicted molar refractivity (Wildman–Crippen MR) is 102 cm³/mol. The van der Waals surface area contributed by atoms with Crippen molar-refractivity contribution in [3.8, 4) is 11.4 Å². The Morgan fingerprint density at radius 3 is 2.57 bits per heavy atom. The molecule has 0 aliphatic heterocycles. The molecule has 0 bridgehead atoms. The van der Waals surface area contributed by atoms with Crippen LogP contribution in [0.2, 0.25) is 5.02 Å². The molecule has 6 nitrogen and oxygen atoms in total. The van der Waals surface area contributed by atoms with Gasteiger partial charge in [0, 0.05) is 10.6 Å². The van der Waals surface area contributed by atoms with Crippen molar-refractivity contribution in [1.82, 2.24) is 9.78 Å². The highest BCUT2D eigenvalue weighted by atomic mass is 35.5. The number of aromatic nitrogens is 2. The lowest BCUT2D eigenvalue weighted by molar-refractivity contribution is 0.0511. The van der Waals surface area contributed by atoms with Crippen LogP contribution >= 0.6 is 11.6 Å². The van der Waals surface area contributed by atoms with Crippen molar-refractivity contribution in [2.24, 2.45) is 0 Å². The summed E-state index contributed by atoms with van der Waals surface area (Å²) in [5.41, 5.74) is 0.267. The molecule has 0 saturated carbocycles. The number of hydrogen-bond donors (Lipinski definition) is 0. The van der Waals surface area contributed by atoms with E-state index in [1.165, 1.54) is 24.3 Å². The van der Waals surface area contributed by atoms with Crippen LogP contribution in [0.25, 0.3) is 5.69 Å². The van der Waals surface area contributed by atoms with Crippen molar-refractivity contribution >= 4 is 17.6 Å². The number of rotatable bonds is 6. The summed E-state index contributed by atoms with van der Waals surface area (Å²) in [6.07, 6.45) is 0. The van der Waals surface area contributed by atoms with Crippen LogP contribution in [-0.4, -0.2) is 22.4 Å². The van der Waals surface area contributed by atoms with Crippen LogP contribution in [0.5, 0.6) is 5.75 Å². The van der Waals surface area contributed by atoms with Gasteiger partial charge in [-0.25, -0.2) is 9.18 Å². The molecule has 3 rings (SSSR count). The number of carbonyl (C=O) groups is 1. The lowest BCUT2D eigenvalue weighted by Crippen LogP contribution is -2.25. The van der Waals surface area contributed by atoms with Crippen LogP contribution in [0.3, 0.4) is 0 Å². The van der Waals surface area contributed by atoms with Crippen LogP contribution in [0.15, 0.2) is 59.4 Å². The fourth-order valence-electron chi connectivity index (χ4n) is 2.43. The average molecular weight is 403 g/mol. The van der Waals surface area contributed by atoms with E-state index in [9.17, 15) is 14.0 Å². The Labute approximate surface area is 165 Å². The van der Waals surface area contributed by atoms with E-state index in [2.05, 4.69) is 5.10 Å². The first kappa shape index (κ1) is 19.6. The van der Waals surface area contributed by atoms with Gasteiger partial charge in [-0.1, -0.05) is 29.8 Å². The summed E-state index contributed by atoms with van der Waals surface area (Å²) < 4.78 is 24.8.